The van der Waals surface area contributed by atoms with Crippen LogP contribution < -0.4 is 14.2 Å². The molecule has 0 heterocycles. The van der Waals surface area contributed by atoms with Crippen LogP contribution in [0.2, 0.25) is 0 Å². The smallest absolute Gasteiger partial charge is 0.311 e. The number of hydrogen-bond acceptors (Lipinski definition) is 9. The Morgan fingerprint density at radius 2 is 0.453 bits per heavy atom. The van der Waals surface area contributed by atoms with E-state index in [9.17, 15) is 15.3 Å². The molecule has 0 aliphatic carbocycles. The maximum absolute atomic E-state index is 15.2. The molecule has 6 rings (SSSR count). The Hall–Kier alpha value is -6.87. The number of benzene rings is 6. The van der Waals surface area contributed by atoms with Crippen LogP contribution in [0, 0.1) is 16.2 Å². The Morgan fingerprint density at radius 3 is 0.632 bits per heavy atom. The zero-order chi connectivity index (χ0) is 81.3. The van der Waals surface area contributed by atoms with Gasteiger partial charge in [-0.2, -0.15) is 0 Å². The predicted molar refractivity (Wildman–Crippen MR) is 444 cm³/mol. The number of rotatable bonds is 17. The van der Waals surface area contributed by atoms with Gasteiger partial charge in [-0.15, -0.1) is 0 Å². The summed E-state index contributed by atoms with van der Waals surface area (Å²) in [4.78, 5) is 45.5. The van der Waals surface area contributed by atoms with Crippen molar-refractivity contribution in [1.82, 2.24) is 0 Å². The Balaban J connectivity index is 1.66. The van der Waals surface area contributed by atoms with E-state index in [0.717, 1.165) is 83.5 Å². The van der Waals surface area contributed by atoms with E-state index in [1.165, 1.54) is 0 Å². The van der Waals surface area contributed by atoms with Crippen molar-refractivity contribution in [2.75, 3.05) is 0 Å². The minimum Gasteiger partial charge on any atom is -0.508 e. The zero-order valence-corrected chi connectivity index (χ0v) is 73.2. The van der Waals surface area contributed by atoms with Crippen molar-refractivity contribution in [3.63, 3.8) is 0 Å². The third-order valence-corrected chi connectivity index (χ3v) is 21.7. The molecule has 0 bridgehead atoms. The largest absolute Gasteiger partial charge is 0.508 e. The van der Waals surface area contributed by atoms with Crippen LogP contribution in [0.15, 0.2) is 91.0 Å². The molecule has 106 heavy (non-hydrogen) atoms. The molecule has 584 valence electrons. The van der Waals surface area contributed by atoms with E-state index in [1.807, 2.05) is 18.2 Å². The number of phenolic OH excluding ortho intramolecular Hbond substituents is 3. The average Bonchev–Trinajstić information content (AvgIpc) is 0.744. The second-order valence-corrected chi connectivity index (χ2v) is 43.9. The lowest BCUT2D eigenvalue weighted by Crippen LogP contribution is -2.27. The third-order valence-electron chi connectivity index (χ3n) is 21.7. The van der Waals surface area contributed by atoms with Crippen molar-refractivity contribution in [3.8, 4) is 34.5 Å². The normalized spacial score (nSPS) is 15.0. The first-order valence-corrected chi connectivity index (χ1v) is 39.2. The quantitative estimate of drug-likeness (QED) is 0.0601. The first-order valence-electron chi connectivity index (χ1n) is 39.2. The molecule has 4 unspecified atom stereocenters. The van der Waals surface area contributed by atoms with Gasteiger partial charge in [-0.1, -0.05) is 329 Å². The molecule has 0 spiro atoms. The van der Waals surface area contributed by atoms with Crippen LogP contribution in [0.4, 0.5) is 0 Å². The van der Waals surface area contributed by atoms with Gasteiger partial charge in [0.15, 0.2) is 0 Å². The highest BCUT2D eigenvalue weighted by molar-refractivity contribution is 5.78. The summed E-state index contributed by atoms with van der Waals surface area (Å²) in [6, 6.07) is 31.1. The minimum absolute atomic E-state index is 0.113. The molecule has 9 heteroatoms. The molecule has 3 N–H and O–H groups in total. The lowest BCUT2D eigenvalue weighted by Gasteiger charge is -2.35. The third kappa shape index (κ3) is 21.5. The van der Waals surface area contributed by atoms with Crippen molar-refractivity contribution in [2.24, 2.45) is 16.2 Å². The minimum atomic E-state index is -0.531. The van der Waals surface area contributed by atoms with Crippen molar-refractivity contribution in [3.05, 3.63) is 174 Å². The summed E-state index contributed by atoms with van der Waals surface area (Å²) in [5.74, 6) is 0.346. The van der Waals surface area contributed by atoms with Gasteiger partial charge in [-0.05, 0) is 163 Å². The number of ether oxygens (including phenoxy) is 3. The van der Waals surface area contributed by atoms with Crippen LogP contribution in [0.3, 0.4) is 0 Å². The summed E-state index contributed by atoms with van der Waals surface area (Å²) in [5.41, 5.74) is 9.07. The highest BCUT2D eigenvalue weighted by atomic mass is 16.5. The highest BCUT2D eigenvalue weighted by Crippen LogP contribution is 2.53. The SMILES string of the molecule is CC(CC(c1cc(C(C)(C)C)c(OC(=O)CC(c2ccc(O)c(C(C)(C)C)c2)C(C)(C)C)c(C(C)(C)C)c1)c1cc(C(C)(C)C)c(OC(=O)CC(c2ccc(O)c(C(C)(C)C)c2)C(C)(C)C)c(C(C)(C)C)c1)c1cc(C(C)(C)C)c(OC(=O)CC(c2ccc(O)c(C(C)(C)C)c2)C(C)(C)C)c(C(C)(C)C)c1. The van der Waals surface area contributed by atoms with Crippen molar-refractivity contribution in [1.29, 1.82) is 0 Å². The van der Waals surface area contributed by atoms with Gasteiger partial charge in [0.1, 0.15) is 34.5 Å². The second kappa shape index (κ2) is 30.5. The van der Waals surface area contributed by atoms with Gasteiger partial charge >= 0.3 is 17.9 Å². The fraction of sp³-hybridized carbons (Fsp3) is 0.598. The van der Waals surface area contributed by atoms with Gasteiger partial charge in [0.25, 0.3) is 0 Å². The monoisotopic (exact) mass is 1450 g/mol. The molecule has 0 fully saturated rings. The summed E-state index contributed by atoms with van der Waals surface area (Å²) in [5, 5.41) is 33.3. The van der Waals surface area contributed by atoms with Crippen LogP contribution in [0.25, 0.3) is 0 Å². The van der Waals surface area contributed by atoms with E-state index in [0.29, 0.717) is 23.7 Å². The summed E-state index contributed by atoms with van der Waals surface area (Å²) < 4.78 is 20.9. The summed E-state index contributed by atoms with van der Waals surface area (Å²) in [6.07, 6.45) is 0.976. The molecule has 9 nitrogen and oxygen atoms in total. The maximum Gasteiger partial charge on any atom is 0.311 e. The van der Waals surface area contributed by atoms with Crippen molar-refractivity contribution >= 4 is 17.9 Å². The van der Waals surface area contributed by atoms with Crippen LogP contribution >= 0.6 is 0 Å². The van der Waals surface area contributed by atoms with Gasteiger partial charge in [0.05, 0.1) is 19.3 Å². The van der Waals surface area contributed by atoms with Crippen molar-refractivity contribution < 1.29 is 43.9 Å². The predicted octanol–water partition coefficient (Wildman–Crippen LogP) is 26.2. The van der Waals surface area contributed by atoms with Crippen LogP contribution in [-0.4, -0.2) is 33.2 Å². The second-order valence-electron chi connectivity index (χ2n) is 43.9. The maximum atomic E-state index is 15.2. The number of carbonyl (C=O) groups is 3. The van der Waals surface area contributed by atoms with E-state index in [4.69, 9.17) is 14.2 Å². The molecule has 4 atom stereocenters. The zero-order valence-electron chi connectivity index (χ0n) is 73.2. The molecule has 6 aromatic rings. The van der Waals surface area contributed by atoms with Crippen LogP contribution in [-0.2, 0) is 63.1 Å². The number of hydrogen-bond donors (Lipinski definition) is 3. The molecule has 0 aromatic heterocycles. The summed E-state index contributed by atoms with van der Waals surface area (Å²) in [7, 11) is 0. The molecule has 0 amide bonds. The summed E-state index contributed by atoms with van der Waals surface area (Å²) >= 11 is 0. The number of carbonyl (C=O) groups excluding carboxylic acids is 3. The molecule has 0 aliphatic heterocycles. The Kier molecular flexibility index (Phi) is 25.4. The van der Waals surface area contributed by atoms with E-state index >= 15 is 14.4 Å². The fourth-order valence-corrected chi connectivity index (χ4v) is 15.1. The molecular weight excluding hydrogens is 1310 g/mol. The molecular formula is C97H142O9. The first kappa shape index (κ1) is 88.0. The highest BCUT2D eigenvalue weighted by Gasteiger charge is 2.41. The molecule has 0 aliphatic rings. The topological polar surface area (TPSA) is 140 Å². The van der Waals surface area contributed by atoms with Gasteiger partial charge in [0.2, 0.25) is 0 Å². The number of esters is 3. The van der Waals surface area contributed by atoms with E-state index in [1.54, 1.807) is 18.2 Å². The molecule has 0 radical (unpaired) electrons. The molecule has 6 aromatic carbocycles. The fourth-order valence-electron chi connectivity index (χ4n) is 15.1. The van der Waals surface area contributed by atoms with E-state index in [2.05, 4.69) is 311 Å². The molecule has 0 saturated heterocycles. The Labute approximate surface area is 643 Å². The van der Waals surface area contributed by atoms with Crippen LogP contribution in [0.5, 0.6) is 34.5 Å². The lowest BCUT2D eigenvalue weighted by atomic mass is 9.71. The molecule has 0 saturated carbocycles. The standard InChI is InChI=1S/C97H142O9/c1-57(61-48-71(92(20,21)22)83(72(49-61)93(23,24)25)104-80(101)54-65(86(2,3)4)58-38-41-77(98)68(45-58)89(11,12)13)44-64(62-50-73(94(26,27)28)84(74(51-62)95(29,30)31)105-81(102)55-66(87(5,6)7)59-39-42-78(99)69(46-59)90(14,15)16)63-52-75(96(32,33)34)85(76(53-63)97(35,36)37)106-82(103)56-67(88(8,9)10)60-40-43-79(100)70(47-60)91(17,18)19/h38-43,45-53,57,64-67,98-100H,44,54-56H2,1-37H3. The average molecular weight is 1450 g/mol. The Bertz CT molecular complexity index is 3880. The van der Waals surface area contributed by atoms with E-state index < -0.39 is 32.5 Å². The number of phenols is 3. The summed E-state index contributed by atoms with van der Waals surface area (Å²) in [6.45, 7) is 80.0. The van der Waals surface area contributed by atoms with Gasteiger partial charge in [0, 0.05) is 39.3 Å². The van der Waals surface area contributed by atoms with Gasteiger partial charge in [-0.3, -0.25) is 14.4 Å². The first-order chi connectivity index (χ1) is 47.5. The van der Waals surface area contributed by atoms with Gasteiger partial charge in [-0.25, -0.2) is 0 Å². The Morgan fingerprint density at radius 1 is 0.274 bits per heavy atom. The lowest BCUT2D eigenvalue weighted by molar-refractivity contribution is -0.136. The van der Waals surface area contributed by atoms with Gasteiger partial charge < -0.3 is 29.5 Å². The van der Waals surface area contributed by atoms with Crippen molar-refractivity contribution in [2.45, 2.75) is 360 Å². The number of aromatic hydroxyl groups is 3. The van der Waals surface area contributed by atoms with Crippen LogP contribution in [0.1, 0.15) is 395 Å². The van der Waals surface area contributed by atoms with E-state index in [-0.39, 0.29) is 116 Å².